The molecule has 1 rings (SSSR count). The molecule has 0 saturated carbocycles. The van der Waals surface area contributed by atoms with Crippen LogP contribution < -0.4 is 0 Å². The Hall–Kier alpha value is -1.66. The molecule has 0 spiro atoms. The largest absolute Gasteiger partial charge is 0.419 e. The van der Waals surface area contributed by atoms with Gasteiger partial charge in [-0.05, 0) is 12.5 Å². The molecule has 0 aliphatic rings. The quantitative estimate of drug-likeness (QED) is 0.417. The molecule has 3 nitrogen and oxygen atoms in total. The van der Waals surface area contributed by atoms with E-state index in [-0.39, 0.29) is 6.07 Å². The lowest BCUT2D eigenvalue weighted by Crippen LogP contribution is -2.11. The number of hydrogen-bond donors (Lipinski definition) is 0. The van der Waals surface area contributed by atoms with E-state index >= 15 is 0 Å². The fourth-order valence-electron chi connectivity index (χ4n) is 1.19. The fourth-order valence-corrected chi connectivity index (χ4v) is 1.19. The minimum Gasteiger partial charge on any atom is -0.258 e. The third kappa shape index (κ3) is 2.23. The maximum Gasteiger partial charge on any atom is 0.419 e. The zero-order valence-electron chi connectivity index (χ0n) is 7.43. The standard InChI is InChI=1S/C8H5F4NO2/c1-4-2-5(13(14)15)3-6(9)7(4)8(10,11)12/h2-3H,1H3. The summed E-state index contributed by atoms with van der Waals surface area (Å²) in [5.74, 6) is -1.63. The minimum atomic E-state index is -4.84. The average molecular weight is 223 g/mol. The Bertz CT molecular complexity index is 391. The van der Waals surface area contributed by atoms with Crippen LogP contribution >= 0.6 is 0 Å². The van der Waals surface area contributed by atoms with Crippen molar-refractivity contribution < 1.29 is 22.5 Å². The van der Waals surface area contributed by atoms with Crippen LogP contribution in [0.2, 0.25) is 0 Å². The molecule has 0 saturated heterocycles. The summed E-state index contributed by atoms with van der Waals surface area (Å²) in [6.45, 7) is 0.971. The summed E-state index contributed by atoms with van der Waals surface area (Å²) in [5.41, 5.74) is -2.67. The van der Waals surface area contributed by atoms with Gasteiger partial charge in [-0.3, -0.25) is 10.1 Å². The van der Waals surface area contributed by atoms with Gasteiger partial charge in [-0.15, -0.1) is 0 Å². The van der Waals surface area contributed by atoms with Crippen LogP contribution in [-0.2, 0) is 6.18 Å². The number of alkyl halides is 3. The Balaban J connectivity index is 3.41. The van der Waals surface area contributed by atoms with Gasteiger partial charge in [-0.1, -0.05) is 0 Å². The molecule has 0 aliphatic heterocycles. The van der Waals surface area contributed by atoms with E-state index in [1.165, 1.54) is 0 Å². The van der Waals surface area contributed by atoms with Crippen molar-refractivity contribution in [2.75, 3.05) is 0 Å². The van der Waals surface area contributed by atoms with Crippen LogP contribution in [0.25, 0.3) is 0 Å². The van der Waals surface area contributed by atoms with Crippen molar-refractivity contribution in [2.45, 2.75) is 13.1 Å². The summed E-state index contributed by atoms with van der Waals surface area (Å²) in [6, 6.07) is 0.946. The van der Waals surface area contributed by atoms with E-state index < -0.39 is 33.7 Å². The van der Waals surface area contributed by atoms with Crippen LogP contribution in [0.15, 0.2) is 12.1 Å². The maximum atomic E-state index is 12.9. The number of non-ortho nitro benzene ring substituents is 1. The van der Waals surface area contributed by atoms with Crippen molar-refractivity contribution in [1.82, 2.24) is 0 Å². The molecule has 1 aromatic carbocycles. The van der Waals surface area contributed by atoms with E-state index in [9.17, 15) is 27.7 Å². The van der Waals surface area contributed by atoms with Gasteiger partial charge < -0.3 is 0 Å². The van der Waals surface area contributed by atoms with Crippen LogP contribution in [0.4, 0.5) is 23.2 Å². The van der Waals surface area contributed by atoms with Gasteiger partial charge in [-0.25, -0.2) is 4.39 Å². The lowest BCUT2D eigenvalue weighted by molar-refractivity contribution is -0.385. The van der Waals surface area contributed by atoms with E-state index in [1.54, 1.807) is 0 Å². The van der Waals surface area contributed by atoms with E-state index in [1.807, 2.05) is 0 Å². The van der Waals surface area contributed by atoms with Crippen molar-refractivity contribution in [3.63, 3.8) is 0 Å². The number of aryl methyl sites for hydroxylation is 1. The average Bonchev–Trinajstić information content (AvgIpc) is 1.99. The molecule has 0 radical (unpaired) electrons. The summed E-state index contributed by atoms with van der Waals surface area (Å²) < 4.78 is 49.6. The summed E-state index contributed by atoms with van der Waals surface area (Å²) in [6.07, 6.45) is -4.84. The Labute approximate surface area is 81.5 Å². The van der Waals surface area contributed by atoms with Gasteiger partial charge in [0.25, 0.3) is 5.69 Å². The molecule has 0 aromatic heterocycles. The smallest absolute Gasteiger partial charge is 0.258 e. The molecule has 0 aliphatic carbocycles. The van der Waals surface area contributed by atoms with Crippen LogP contribution in [-0.4, -0.2) is 4.92 Å². The van der Waals surface area contributed by atoms with Crippen LogP contribution in [0, 0.1) is 22.9 Å². The number of hydrogen-bond acceptors (Lipinski definition) is 2. The number of rotatable bonds is 1. The van der Waals surface area contributed by atoms with Gasteiger partial charge in [0.2, 0.25) is 0 Å². The predicted octanol–water partition coefficient (Wildman–Crippen LogP) is 3.06. The predicted molar refractivity (Wildman–Crippen MR) is 42.8 cm³/mol. The van der Waals surface area contributed by atoms with Crippen LogP contribution in [0.3, 0.4) is 0 Å². The van der Waals surface area contributed by atoms with Crippen molar-refractivity contribution in [3.05, 3.63) is 39.2 Å². The summed E-state index contributed by atoms with van der Waals surface area (Å²) >= 11 is 0. The molecule has 0 fully saturated rings. The molecule has 0 bridgehead atoms. The number of nitrogens with zero attached hydrogens (tertiary/aromatic N) is 1. The van der Waals surface area contributed by atoms with Crippen LogP contribution in [0.1, 0.15) is 11.1 Å². The summed E-state index contributed by atoms with van der Waals surface area (Å²) in [5, 5.41) is 10.2. The highest BCUT2D eigenvalue weighted by Gasteiger charge is 2.36. The van der Waals surface area contributed by atoms with Gasteiger partial charge in [0, 0.05) is 6.07 Å². The molecule has 15 heavy (non-hydrogen) atoms. The second kappa shape index (κ2) is 3.48. The number of halogens is 4. The van der Waals surface area contributed by atoms with Gasteiger partial charge >= 0.3 is 6.18 Å². The Morgan fingerprint density at radius 2 is 1.87 bits per heavy atom. The first-order valence-corrected chi connectivity index (χ1v) is 3.75. The first-order valence-electron chi connectivity index (χ1n) is 3.75. The molecule has 7 heteroatoms. The molecule has 0 N–H and O–H groups in total. The second-order valence-electron chi connectivity index (χ2n) is 2.87. The first-order chi connectivity index (χ1) is 6.73. The van der Waals surface area contributed by atoms with Crippen molar-refractivity contribution >= 4 is 5.69 Å². The fraction of sp³-hybridized carbons (Fsp3) is 0.250. The van der Waals surface area contributed by atoms with Gasteiger partial charge in [-0.2, -0.15) is 13.2 Å². The number of benzene rings is 1. The summed E-state index contributed by atoms with van der Waals surface area (Å²) in [4.78, 5) is 9.28. The Kier molecular flexibility index (Phi) is 2.65. The lowest BCUT2D eigenvalue weighted by atomic mass is 10.1. The second-order valence-corrected chi connectivity index (χ2v) is 2.87. The topological polar surface area (TPSA) is 43.1 Å². The molecule has 0 atom stereocenters. The highest BCUT2D eigenvalue weighted by Crippen LogP contribution is 2.35. The van der Waals surface area contributed by atoms with E-state index in [0.717, 1.165) is 6.92 Å². The maximum absolute atomic E-state index is 12.9. The molecular formula is C8H5F4NO2. The van der Waals surface area contributed by atoms with E-state index in [0.29, 0.717) is 6.07 Å². The Morgan fingerprint density at radius 3 is 2.20 bits per heavy atom. The third-order valence-corrected chi connectivity index (χ3v) is 1.77. The molecule has 82 valence electrons. The zero-order valence-corrected chi connectivity index (χ0v) is 7.43. The van der Waals surface area contributed by atoms with Gasteiger partial charge in [0.05, 0.1) is 16.6 Å². The SMILES string of the molecule is Cc1cc([N+](=O)[O-])cc(F)c1C(F)(F)F. The molecule has 0 heterocycles. The molecule has 0 amide bonds. The van der Waals surface area contributed by atoms with E-state index in [4.69, 9.17) is 0 Å². The zero-order chi connectivity index (χ0) is 11.8. The molecule has 1 aromatic rings. The first kappa shape index (κ1) is 11.4. The Morgan fingerprint density at radius 1 is 1.33 bits per heavy atom. The third-order valence-electron chi connectivity index (χ3n) is 1.77. The number of nitro benzene ring substituents is 1. The van der Waals surface area contributed by atoms with E-state index in [2.05, 4.69) is 0 Å². The molecular weight excluding hydrogens is 218 g/mol. The highest BCUT2D eigenvalue weighted by atomic mass is 19.4. The van der Waals surface area contributed by atoms with Crippen LogP contribution in [0.5, 0.6) is 0 Å². The van der Waals surface area contributed by atoms with Gasteiger partial charge in [0.1, 0.15) is 5.82 Å². The lowest BCUT2D eigenvalue weighted by Gasteiger charge is -2.10. The summed E-state index contributed by atoms with van der Waals surface area (Å²) in [7, 11) is 0. The minimum absolute atomic E-state index is 0.260. The molecule has 0 unspecified atom stereocenters. The monoisotopic (exact) mass is 223 g/mol. The normalized spacial score (nSPS) is 11.5. The van der Waals surface area contributed by atoms with Crippen molar-refractivity contribution in [1.29, 1.82) is 0 Å². The van der Waals surface area contributed by atoms with Crippen molar-refractivity contribution in [3.8, 4) is 0 Å². The van der Waals surface area contributed by atoms with Gasteiger partial charge in [0.15, 0.2) is 0 Å². The number of nitro groups is 1. The highest BCUT2D eigenvalue weighted by molar-refractivity contribution is 5.41. The van der Waals surface area contributed by atoms with Crippen molar-refractivity contribution in [2.24, 2.45) is 0 Å².